The minimum atomic E-state index is -0.0177. The molecule has 3 nitrogen and oxygen atoms in total. The van der Waals surface area contributed by atoms with Gasteiger partial charge in [-0.3, -0.25) is 4.79 Å². The molecule has 42 valence electrons. The van der Waals surface area contributed by atoms with Gasteiger partial charge >= 0.3 is 29.6 Å². The Bertz CT molecular complexity index is 64.3. The van der Waals surface area contributed by atoms with E-state index in [-0.39, 0.29) is 48.4 Å². The van der Waals surface area contributed by atoms with E-state index >= 15 is 0 Å². The summed E-state index contributed by atoms with van der Waals surface area (Å²) in [4.78, 5) is 13.4. The van der Waals surface area contributed by atoms with E-state index in [1.807, 2.05) is 0 Å². The van der Waals surface area contributed by atoms with Crippen molar-refractivity contribution in [3.63, 3.8) is 0 Å². The van der Waals surface area contributed by atoms with E-state index in [4.69, 9.17) is 0 Å². The summed E-state index contributed by atoms with van der Waals surface area (Å²) < 4.78 is 0. The number of carbonyl (C=O) groups excluding carboxylic acids is 1. The fourth-order valence-electron chi connectivity index (χ4n) is 0.185. The van der Waals surface area contributed by atoms with E-state index in [0.717, 1.165) is 0 Å². The average Bonchev–Trinajstić information content (AvgIpc) is 1.61. The maximum absolute atomic E-state index is 9.98. The molecule has 0 saturated carbocycles. The first kappa shape index (κ1) is 11.4. The van der Waals surface area contributed by atoms with Crippen molar-refractivity contribution in [3.05, 3.63) is 0 Å². The van der Waals surface area contributed by atoms with Crippen molar-refractivity contribution >= 4 is 5.78 Å². The second-order valence-corrected chi connectivity index (χ2v) is 1.27. The molecule has 0 saturated heterocycles. The molecule has 4 heteroatoms. The number of Topliss-reactive ketones (excluding diaryl/α,β-unsaturated/α-hetero) is 1. The molecule has 0 aromatic carbocycles. The molecule has 0 fully saturated rings. The molecule has 0 unspecified atom stereocenters. The first-order valence-electron chi connectivity index (χ1n) is 2.01. The molecule has 0 heterocycles. The van der Waals surface area contributed by atoms with E-state index < -0.39 is 0 Å². The van der Waals surface area contributed by atoms with Crippen molar-refractivity contribution < 1.29 is 44.5 Å². The van der Waals surface area contributed by atoms with Gasteiger partial charge in [-0.25, -0.2) is 0 Å². The SMILES string of the molecule is CC(=O)CCO[O-].[Na+]. The zero-order valence-electron chi connectivity index (χ0n) is 5.14. The molecule has 0 rings (SSSR count). The fourth-order valence-corrected chi connectivity index (χ4v) is 0.185. The van der Waals surface area contributed by atoms with Crippen LogP contribution in [0.3, 0.4) is 0 Å². The summed E-state index contributed by atoms with van der Waals surface area (Å²) >= 11 is 0. The van der Waals surface area contributed by atoms with Gasteiger partial charge in [0, 0.05) is 13.0 Å². The van der Waals surface area contributed by atoms with Gasteiger partial charge in [0.2, 0.25) is 0 Å². The quantitative estimate of drug-likeness (QED) is 0.222. The van der Waals surface area contributed by atoms with Crippen molar-refractivity contribution in [2.75, 3.05) is 6.61 Å². The molecule has 0 amide bonds. The van der Waals surface area contributed by atoms with Crippen molar-refractivity contribution in [2.24, 2.45) is 0 Å². The van der Waals surface area contributed by atoms with Crippen molar-refractivity contribution in [1.82, 2.24) is 0 Å². The number of hydrogen-bond donors (Lipinski definition) is 0. The van der Waals surface area contributed by atoms with Gasteiger partial charge < -0.3 is 10.1 Å². The van der Waals surface area contributed by atoms with Gasteiger partial charge in [-0.15, -0.1) is 0 Å². The monoisotopic (exact) mass is 126 g/mol. The molecular formula is C4H7NaO3. The number of carbonyl (C=O) groups is 1. The summed E-state index contributed by atoms with van der Waals surface area (Å²) in [6, 6.07) is 0. The topological polar surface area (TPSA) is 49.4 Å². The van der Waals surface area contributed by atoms with Crippen LogP contribution in [0.4, 0.5) is 0 Å². The predicted molar refractivity (Wildman–Crippen MR) is 21.2 cm³/mol. The zero-order chi connectivity index (χ0) is 5.70. The Hall–Kier alpha value is 0.590. The Morgan fingerprint density at radius 3 is 2.38 bits per heavy atom. The number of rotatable bonds is 3. The summed E-state index contributed by atoms with van der Waals surface area (Å²) in [6.45, 7) is 1.41. The smallest absolute Gasteiger partial charge is 0.723 e. The van der Waals surface area contributed by atoms with Crippen LogP contribution in [0.25, 0.3) is 0 Å². The largest absolute Gasteiger partial charge is 1.00 e. The molecule has 0 aliphatic heterocycles. The number of ketones is 1. The van der Waals surface area contributed by atoms with Crippen LogP contribution in [-0.4, -0.2) is 12.4 Å². The van der Waals surface area contributed by atoms with Gasteiger partial charge in [0.05, 0.1) is 0 Å². The standard InChI is InChI=1S/C4H8O3.Na/c1-4(5)2-3-7-6;/h6H,2-3H2,1H3;/q;+1/p-1. The van der Waals surface area contributed by atoms with Crippen LogP contribution in [-0.2, 0) is 9.68 Å². The van der Waals surface area contributed by atoms with E-state index in [0.29, 0.717) is 0 Å². The fraction of sp³-hybridized carbons (Fsp3) is 0.750. The van der Waals surface area contributed by atoms with Gasteiger partial charge in [0.1, 0.15) is 5.78 Å². The molecule has 0 aromatic heterocycles. The third kappa shape index (κ3) is 9.77. The number of hydrogen-bond acceptors (Lipinski definition) is 3. The molecule has 8 heavy (non-hydrogen) atoms. The Balaban J connectivity index is 0. The summed E-state index contributed by atoms with van der Waals surface area (Å²) in [5.41, 5.74) is 0. The maximum Gasteiger partial charge on any atom is 1.00 e. The molecule has 0 atom stereocenters. The molecule has 0 N–H and O–H groups in total. The second kappa shape index (κ2) is 7.59. The van der Waals surface area contributed by atoms with Crippen LogP contribution < -0.4 is 34.8 Å². The molecule has 0 aliphatic carbocycles. The van der Waals surface area contributed by atoms with Crippen LogP contribution >= 0.6 is 0 Å². The second-order valence-electron chi connectivity index (χ2n) is 1.27. The summed E-state index contributed by atoms with van der Waals surface area (Å²) in [6.07, 6.45) is 0.226. The summed E-state index contributed by atoms with van der Waals surface area (Å²) in [5, 5.41) is 9.18. The maximum atomic E-state index is 9.98. The molecule has 0 aromatic rings. The van der Waals surface area contributed by atoms with Crippen LogP contribution in [0, 0.1) is 0 Å². The van der Waals surface area contributed by atoms with Crippen molar-refractivity contribution in [1.29, 1.82) is 0 Å². The minimum Gasteiger partial charge on any atom is -0.723 e. The zero-order valence-corrected chi connectivity index (χ0v) is 7.14. The minimum absolute atomic E-state index is 0. The van der Waals surface area contributed by atoms with Crippen LogP contribution in [0.2, 0.25) is 0 Å². The van der Waals surface area contributed by atoms with Gasteiger partial charge in [0.25, 0.3) is 0 Å². The van der Waals surface area contributed by atoms with E-state index in [9.17, 15) is 10.1 Å². The Morgan fingerprint density at radius 2 is 2.25 bits per heavy atom. The first-order valence-corrected chi connectivity index (χ1v) is 2.01. The predicted octanol–water partition coefficient (Wildman–Crippen LogP) is -3.74. The van der Waals surface area contributed by atoms with Crippen molar-refractivity contribution in [3.8, 4) is 0 Å². The van der Waals surface area contributed by atoms with E-state index in [1.54, 1.807) is 0 Å². The molecular weight excluding hydrogens is 119 g/mol. The average molecular weight is 126 g/mol. The Kier molecular flexibility index (Phi) is 10.8. The summed E-state index contributed by atoms with van der Waals surface area (Å²) in [7, 11) is 0. The van der Waals surface area contributed by atoms with Gasteiger partial charge in [-0.1, -0.05) is 0 Å². The van der Waals surface area contributed by atoms with Crippen LogP contribution in [0.15, 0.2) is 0 Å². The molecule has 0 aliphatic rings. The summed E-state index contributed by atoms with van der Waals surface area (Å²) in [5.74, 6) is -0.0177. The van der Waals surface area contributed by atoms with Crippen LogP contribution in [0.5, 0.6) is 0 Å². The van der Waals surface area contributed by atoms with Crippen LogP contribution in [0.1, 0.15) is 13.3 Å². The van der Waals surface area contributed by atoms with E-state index in [1.165, 1.54) is 6.92 Å². The third-order valence-electron chi connectivity index (χ3n) is 0.537. The Labute approximate surface area is 70.2 Å². The first-order chi connectivity index (χ1) is 3.27. The Morgan fingerprint density at radius 1 is 1.75 bits per heavy atom. The van der Waals surface area contributed by atoms with E-state index in [2.05, 4.69) is 4.89 Å². The molecule has 0 bridgehead atoms. The molecule has 0 spiro atoms. The van der Waals surface area contributed by atoms with Crippen molar-refractivity contribution in [2.45, 2.75) is 13.3 Å². The third-order valence-corrected chi connectivity index (χ3v) is 0.537. The van der Waals surface area contributed by atoms with Gasteiger partial charge in [0.15, 0.2) is 0 Å². The van der Waals surface area contributed by atoms with Gasteiger partial charge in [-0.05, 0) is 6.92 Å². The normalized spacial score (nSPS) is 7.75. The van der Waals surface area contributed by atoms with Gasteiger partial charge in [-0.2, -0.15) is 0 Å². The molecule has 0 radical (unpaired) electrons.